The summed E-state index contributed by atoms with van der Waals surface area (Å²) in [6.45, 7) is 8.19. The van der Waals surface area contributed by atoms with Crippen LogP contribution in [-0.2, 0) is 22.5 Å². The van der Waals surface area contributed by atoms with E-state index < -0.39 is 0 Å². The maximum atomic E-state index is 12.7. The molecule has 0 fully saturated rings. The van der Waals surface area contributed by atoms with Gasteiger partial charge in [0.25, 0.3) is 0 Å². The van der Waals surface area contributed by atoms with Crippen LogP contribution in [0.5, 0.6) is 5.75 Å². The van der Waals surface area contributed by atoms with E-state index in [2.05, 4.69) is 70.4 Å². The molecular weight excluding hydrogens is 446 g/mol. The number of carbonyl (C=O) groups excluding carboxylic acids is 1. The first-order chi connectivity index (χ1) is 17.3. The van der Waals surface area contributed by atoms with Gasteiger partial charge in [0.15, 0.2) is 0 Å². The van der Waals surface area contributed by atoms with E-state index in [1.165, 1.54) is 56.1 Å². The zero-order valence-electron chi connectivity index (χ0n) is 23.5. The molecule has 2 unspecified atom stereocenters. The first kappa shape index (κ1) is 29.9. The molecule has 0 saturated heterocycles. The Morgan fingerprint density at radius 3 is 2.22 bits per heavy atom. The lowest BCUT2D eigenvalue weighted by Crippen LogP contribution is -2.44. The van der Waals surface area contributed by atoms with E-state index in [1.54, 1.807) is 0 Å². The number of ether oxygens (including phenoxy) is 2. The SMILES string of the molecule is CCCCCCCCCc1cccc(OC(CC)COC(=O)C(C)C[N+](C)(C)Cc2ccccc2)c1. The molecule has 4 nitrogen and oxygen atoms in total. The largest absolute Gasteiger partial charge is 0.487 e. The molecule has 36 heavy (non-hydrogen) atoms. The molecule has 0 radical (unpaired) electrons. The summed E-state index contributed by atoms with van der Waals surface area (Å²) in [6, 6.07) is 18.8. The zero-order valence-corrected chi connectivity index (χ0v) is 23.5. The number of benzene rings is 2. The van der Waals surface area contributed by atoms with Crippen LogP contribution in [0, 0.1) is 5.92 Å². The molecule has 0 spiro atoms. The Bertz CT molecular complexity index is 865. The van der Waals surface area contributed by atoms with Crippen LogP contribution < -0.4 is 4.74 Å². The second kappa shape index (κ2) is 16.4. The van der Waals surface area contributed by atoms with Crippen molar-refractivity contribution in [3.05, 3.63) is 65.7 Å². The molecular formula is C32H50NO3+. The molecule has 2 rings (SSSR count). The summed E-state index contributed by atoms with van der Waals surface area (Å²) < 4.78 is 12.6. The van der Waals surface area contributed by atoms with Gasteiger partial charge in [0, 0.05) is 5.56 Å². The number of aryl methyl sites for hydroxylation is 1. The fourth-order valence-electron chi connectivity index (χ4n) is 4.76. The van der Waals surface area contributed by atoms with Gasteiger partial charge in [-0.2, -0.15) is 0 Å². The summed E-state index contributed by atoms with van der Waals surface area (Å²) >= 11 is 0. The summed E-state index contributed by atoms with van der Waals surface area (Å²) in [4.78, 5) is 12.7. The Kier molecular flexibility index (Phi) is 13.6. The topological polar surface area (TPSA) is 35.5 Å². The molecule has 0 aliphatic carbocycles. The van der Waals surface area contributed by atoms with Gasteiger partial charge in [-0.25, -0.2) is 0 Å². The van der Waals surface area contributed by atoms with Crippen LogP contribution in [-0.4, -0.2) is 43.8 Å². The van der Waals surface area contributed by atoms with Gasteiger partial charge in [0.1, 0.15) is 30.9 Å². The maximum Gasteiger partial charge on any atom is 0.314 e. The minimum atomic E-state index is -0.175. The highest BCUT2D eigenvalue weighted by molar-refractivity contribution is 5.72. The van der Waals surface area contributed by atoms with Crippen LogP contribution in [0.25, 0.3) is 0 Å². The number of esters is 1. The number of rotatable bonds is 18. The zero-order chi connectivity index (χ0) is 26.2. The lowest BCUT2D eigenvalue weighted by molar-refractivity contribution is -0.905. The molecule has 0 heterocycles. The summed E-state index contributed by atoms with van der Waals surface area (Å²) in [5, 5.41) is 0. The van der Waals surface area contributed by atoms with Crippen molar-refractivity contribution >= 4 is 5.97 Å². The Balaban J connectivity index is 1.75. The Morgan fingerprint density at radius 1 is 0.861 bits per heavy atom. The van der Waals surface area contributed by atoms with Gasteiger partial charge in [0.2, 0.25) is 0 Å². The van der Waals surface area contributed by atoms with Gasteiger partial charge in [0.05, 0.1) is 20.6 Å². The van der Waals surface area contributed by atoms with Crippen molar-refractivity contribution in [1.82, 2.24) is 0 Å². The third-order valence-corrected chi connectivity index (χ3v) is 6.76. The lowest BCUT2D eigenvalue weighted by atomic mass is 10.0. The average molecular weight is 497 g/mol. The van der Waals surface area contributed by atoms with Crippen molar-refractivity contribution < 1.29 is 18.8 Å². The standard InChI is InChI=1S/C32H50NO3/c1-6-8-9-10-11-12-14-18-28-21-17-22-31(23-28)36-30(7-2)26-35-32(34)27(3)24-33(4,5)25-29-19-15-13-16-20-29/h13,15-17,19-23,27,30H,6-12,14,18,24-26H2,1-5H3/q+1. The fourth-order valence-corrected chi connectivity index (χ4v) is 4.76. The molecule has 2 aromatic rings. The van der Waals surface area contributed by atoms with Crippen LogP contribution >= 0.6 is 0 Å². The predicted octanol–water partition coefficient (Wildman–Crippen LogP) is 7.59. The monoisotopic (exact) mass is 496 g/mol. The van der Waals surface area contributed by atoms with Gasteiger partial charge in [-0.15, -0.1) is 0 Å². The van der Waals surface area contributed by atoms with Crippen molar-refractivity contribution in [3.63, 3.8) is 0 Å². The van der Waals surface area contributed by atoms with Crippen LogP contribution in [0.3, 0.4) is 0 Å². The first-order valence-electron chi connectivity index (χ1n) is 14.1. The number of carbonyl (C=O) groups is 1. The van der Waals surface area contributed by atoms with E-state index in [9.17, 15) is 4.79 Å². The molecule has 0 bridgehead atoms. The summed E-state index contributed by atoms with van der Waals surface area (Å²) in [7, 11) is 4.32. The van der Waals surface area contributed by atoms with Crippen LogP contribution in [0.1, 0.15) is 83.3 Å². The van der Waals surface area contributed by atoms with Crippen LogP contribution in [0.4, 0.5) is 0 Å². The molecule has 0 aliphatic heterocycles. The van der Waals surface area contributed by atoms with Gasteiger partial charge in [-0.05, 0) is 43.9 Å². The lowest BCUT2D eigenvalue weighted by Gasteiger charge is -2.32. The normalized spacial score (nSPS) is 13.2. The van der Waals surface area contributed by atoms with Gasteiger partial charge in [-0.3, -0.25) is 4.79 Å². The predicted molar refractivity (Wildman–Crippen MR) is 150 cm³/mol. The quantitative estimate of drug-likeness (QED) is 0.121. The number of hydrogen-bond acceptors (Lipinski definition) is 3. The smallest absolute Gasteiger partial charge is 0.314 e. The molecule has 0 aromatic heterocycles. The van der Waals surface area contributed by atoms with Gasteiger partial charge in [-0.1, -0.05) is 94.8 Å². The summed E-state index contributed by atoms with van der Waals surface area (Å²) in [5.74, 6) is 0.544. The van der Waals surface area contributed by atoms with Crippen LogP contribution in [0.2, 0.25) is 0 Å². The van der Waals surface area contributed by atoms with Crippen molar-refractivity contribution in [2.75, 3.05) is 27.2 Å². The van der Waals surface area contributed by atoms with Crippen LogP contribution in [0.15, 0.2) is 54.6 Å². The second-order valence-corrected chi connectivity index (χ2v) is 11.0. The highest BCUT2D eigenvalue weighted by atomic mass is 16.6. The van der Waals surface area contributed by atoms with Gasteiger partial charge >= 0.3 is 5.97 Å². The summed E-state index contributed by atoms with van der Waals surface area (Å²) in [6.07, 6.45) is 11.0. The molecule has 0 aliphatic rings. The highest BCUT2D eigenvalue weighted by Crippen LogP contribution is 2.19. The average Bonchev–Trinajstić information content (AvgIpc) is 2.86. The van der Waals surface area contributed by atoms with E-state index in [0.717, 1.165) is 36.2 Å². The van der Waals surface area contributed by atoms with E-state index in [-0.39, 0.29) is 24.6 Å². The van der Waals surface area contributed by atoms with E-state index in [0.29, 0.717) is 0 Å². The minimum Gasteiger partial charge on any atom is -0.487 e. The van der Waals surface area contributed by atoms with Crippen molar-refractivity contribution in [3.8, 4) is 5.75 Å². The molecule has 2 aromatic carbocycles. The maximum absolute atomic E-state index is 12.7. The fraction of sp³-hybridized carbons (Fsp3) is 0.594. The van der Waals surface area contributed by atoms with Gasteiger partial charge < -0.3 is 14.0 Å². The molecule has 0 amide bonds. The Morgan fingerprint density at radius 2 is 1.53 bits per heavy atom. The number of nitrogens with zero attached hydrogens (tertiary/aromatic N) is 1. The first-order valence-corrected chi connectivity index (χ1v) is 14.1. The Labute approximate surface area is 220 Å². The number of hydrogen-bond donors (Lipinski definition) is 0. The molecule has 0 saturated carbocycles. The molecule has 2 atom stereocenters. The third kappa shape index (κ3) is 12.1. The van der Waals surface area contributed by atoms with Crippen molar-refractivity contribution in [2.45, 2.75) is 91.2 Å². The molecule has 200 valence electrons. The second-order valence-electron chi connectivity index (χ2n) is 11.0. The van der Waals surface area contributed by atoms with E-state index in [1.807, 2.05) is 19.1 Å². The summed E-state index contributed by atoms with van der Waals surface area (Å²) in [5.41, 5.74) is 2.59. The number of quaternary nitrogens is 1. The highest BCUT2D eigenvalue weighted by Gasteiger charge is 2.26. The Hall–Kier alpha value is -2.33. The third-order valence-electron chi connectivity index (χ3n) is 6.76. The minimum absolute atomic E-state index is 0.137. The van der Waals surface area contributed by atoms with Crippen molar-refractivity contribution in [1.29, 1.82) is 0 Å². The molecule has 4 heteroatoms. The van der Waals surface area contributed by atoms with E-state index in [4.69, 9.17) is 9.47 Å². The van der Waals surface area contributed by atoms with Crippen molar-refractivity contribution in [2.24, 2.45) is 5.92 Å². The number of unbranched alkanes of at least 4 members (excludes halogenated alkanes) is 6. The molecule has 0 N–H and O–H groups in total. The van der Waals surface area contributed by atoms with E-state index >= 15 is 0 Å².